The third-order valence-corrected chi connectivity index (χ3v) is 7.10. The van der Waals surface area contributed by atoms with E-state index in [0.717, 1.165) is 25.0 Å². The van der Waals surface area contributed by atoms with Gasteiger partial charge in [-0.3, -0.25) is 0 Å². The lowest BCUT2D eigenvalue weighted by molar-refractivity contribution is -0.157. The highest BCUT2D eigenvalue weighted by Gasteiger charge is 2.67. The van der Waals surface area contributed by atoms with E-state index in [2.05, 4.69) is 60.8 Å². The molecule has 5 atom stereocenters. The Hall–Kier alpha value is -2.33. The first kappa shape index (κ1) is 19.6. The Bertz CT molecular complexity index is 984. The highest BCUT2D eigenvalue weighted by molar-refractivity contribution is 5.86. The fraction of sp³-hybridized carbons (Fsp3) is 0.500. The van der Waals surface area contributed by atoms with Crippen LogP contribution in [-0.4, -0.2) is 24.2 Å². The maximum absolute atomic E-state index is 12.3. The van der Waals surface area contributed by atoms with Gasteiger partial charge in [0.05, 0.1) is 12.4 Å². The van der Waals surface area contributed by atoms with Crippen LogP contribution in [0.1, 0.15) is 59.0 Å². The second-order valence-electron chi connectivity index (χ2n) is 9.11. The minimum Gasteiger partial charge on any atom is -0.479 e. The number of esters is 1. The number of hydrogen-bond acceptors (Lipinski definition) is 4. The molecule has 1 aliphatic heterocycles. The fourth-order valence-electron chi connectivity index (χ4n) is 5.44. The van der Waals surface area contributed by atoms with Crippen LogP contribution < -0.4 is 5.32 Å². The predicted molar refractivity (Wildman–Crippen MR) is 120 cm³/mol. The summed E-state index contributed by atoms with van der Waals surface area (Å²) in [6.07, 6.45) is 7.55. The molecule has 4 nitrogen and oxygen atoms in total. The van der Waals surface area contributed by atoms with Crippen molar-refractivity contribution in [2.45, 2.75) is 63.6 Å². The standard InChI is InChI=1S/C26H31NO3.H2/c1-3-29-25(28)26-16-20(26)15-24(30-26)19-10-6-11-21(14-19)27-17(2)22-13-7-9-18-8-4-5-12-23(18)22;/h4-5,7-9,12-13,15,17,19-21,27H,3,6,10-11,14,16H2,1-2H3;1H/t17-,19?,20?,21?,26?;/m1./s1. The molecule has 4 heteroatoms. The molecule has 0 aromatic heterocycles. The van der Waals surface area contributed by atoms with Gasteiger partial charge in [0.1, 0.15) is 0 Å². The second kappa shape index (κ2) is 7.73. The molecule has 2 saturated carbocycles. The SMILES string of the molecule is CCOC(=O)C12CC1C=C(C1CCCC(N[C@H](C)c3cccc4ccccc34)C1)O2.[HH]. The summed E-state index contributed by atoms with van der Waals surface area (Å²) < 4.78 is 11.5. The minimum absolute atomic E-state index is 0. The summed E-state index contributed by atoms with van der Waals surface area (Å²) in [6, 6.07) is 15.9. The third kappa shape index (κ3) is 3.41. The molecule has 2 aliphatic carbocycles. The van der Waals surface area contributed by atoms with Crippen molar-refractivity contribution in [3.05, 3.63) is 59.9 Å². The lowest BCUT2D eigenvalue weighted by atomic mass is 9.83. The minimum atomic E-state index is -0.692. The number of hydrogen-bond donors (Lipinski definition) is 1. The zero-order valence-electron chi connectivity index (χ0n) is 17.9. The molecule has 160 valence electrons. The van der Waals surface area contributed by atoms with Gasteiger partial charge in [0.2, 0.25) is 5.60 Å². The second-order valence-corrected chi connectivity index (χ2v) is 9.11. The van der Waals surface area contributed by atoms with E-state index in [1.54, 1.807) is 0 Å². The molecule has 0 radical (unpaired) electrons. The van der Waals surface area contributed by atoms with Crippen LogP contribution >= 0.6 is 0 Å². The number of fused-ring (bicyclic) bond motifs is 2. The number of allylic oxidation sites excluding steroid dienone is 1. The van der Waals surface area contributed by atoms with Crippen molar-refractivity contribution in [1.82, 2.24) is 5.32 Å². The van der Waals surface area contributed by atoms with Crippen molar-refractivity contribution in [2.24, 2.45) is 11.8 Å². The lowest BCUT2D eigenvalue weighted by Gasteiger charge is -2.33. The summed E-state index contributed by atoms with van der Waals surface area (Å²) in [5.41, 5.74) is 0.663. The van der Waals surface area contributed by atoms with Crippen molar-refractivity contribution >= 4 is 16.7 Å². The van der Waals surface area contributed by atoms with Gasteiger partial charge in [-0.1, -0.05) is 48.9 Å². The monoisotopic (exact) mass is 407 g/mol. The van der Waals surface area contributed by atoms with E-state index in [1.807, 2.05) is 6.92 Å². The van der Waals surface area contributed by atoms with Gasteiger partial charge in [0, 0.05) is 31.8 Å². The van der Waals surface area contributed by atoms with E-state index in [0.29, 0.717) is 18.6 Å². The first-order chi connectivity index (χ1) is 14.6. The number of rotatable bonds is 6. The average molecular weight is 408 g/mol. The Kier molecular flexibility index (Phi) is 5.06. The summed E-state index contributed by atoms with van der Waals surface area (Å²) in [4.78, 5) is 12.3. The summed E-state index contributed by atoms with van der Waals surface area (Å²) in [6.45, 7) is 4.53. The Morgan fingerprint density at radius 1 is 1.27 bits per heavy atom. The highest BCUT2D eigenvalue weighted by Crippen LogP contribution is 2.57. The fourth-order valence-corrected chi connectivity index (χ4v) is 5.44. The maximum Gasteiger partial charge on any atom is 0.351 e. The van der Waals surface area contributed by atoms with E-state index >= 15 is 0 Å². The third-order valence-electron chi connectivity index (χ3n) is 7.10. The van der Waals surface area contributed by atoms with E-state index in [9.17, 15) is 4.79 Å². The van der Waals surface area contributed by atoms with E-state index < -0.39 is 5.60 Å². The van der Waals surface area contributed by atoms with Crippen molar-refractivity contribution < 1.29 is 15.7 Å². The van der Waals surface area contributed by atoms with Crippen molar-refractivity contribution in [3.63, 3.8) is 0 Å². The smallest absolute Gasteiger partial charge is 0.351 e. The van der Waals surface area contributed by atoms with Gasteiger partial charge in [-0.15, -0.1) is 0 Å². The van der Waals surface area contributed by atoms with Gasteiger partial charge in [0.15, 0.2) is 0 Å². The molecule has 1 N–H and O–H groups in total. The van der Waals surface area contributed by atoms with Crippen molar-refractivity contribution in [1.29, 1.82) is 0 Å². The number of nitrogens with one attached hydrogen (secondary N) is 1. The molecule has 1 heterocycles. The number of ether oxygens (including phenoxy) is 2. The van der Waals surface area contributed by atoms with Crippen LogP contribution in [0.15, 0.2) is 54.3 Å². The van der Waals surface area contributed by atoms with Gasteiger partial charge >= 0.3 is 5.97 Å². The zero-order chi connectivity index (χ0) is 20.7. The Labute approximate surface area is 180 Å². The molecule has 3 aliphatic rings. The Morgan fingerprint density at radius 3 is 2.97 bits per heavy atom. The predicted octanol–water partition coefficient (Wildman–Crippen LogP) is 5.53. The molecule has 2 aromatic rings. The van der Waals surface area contributed by atoms with E-state index in [-0.39, 0.29) is 19.4 Å². The van der Waals surface area contributed by atoms with Crippen LogP contribution in [0.5, 0.6) is 0 Å². The van der Waals surface area contributed by atoms with E-state index in [4.69, 9.17) is 9.47 Å². The molecule has 0 bridgehead atoms. The normalized spacial score (nSPS) is 30.9. The summed E-state index contributed by atoms with van der Waals surface area (Å²) in [5, 5.41) is 6.50. The van der Waals surface area contributed by atoms with Crippen LogP contribution in [0, 0.1) is 11.8 Å². The van der Waals surface area contributed by atoms with Gasteiger partial charge in [0.25, 0.3) is 0 Å². The Balaban J connectivity index is 0.00000231. The Morgan fingerprint density at radius 2 is 2.10 bits per heavy atom. The van der Waals surface area contributed by atoms with Crippen LogP contribution in [0.4, 0.5) is 0 Å². The topological polar surface area (TPSA) is 47.6 Å². The lowest BCUT2D eigenvalue weighted by Crippen LogP contribution is -2.37. The number of benzene rings is 2. The molecule has 0 spiro atoms. The van der Waals surface area contributed by atoms with Crippen LogP contribution in [0.3, 0.4) is 0 Å². The first-order valence-corrected chi connectivity index (χ1v) is 11.4. The van der Waals surface area contributed by atoms with Crippen molar-refractivity contribution in [3.8, 4) is 0 Å². The van der Waals surface area contributed by atoms with Crippen LogP contribution in [-0.2, 0) is 14.3 Å². The molecule has 2 aromatic carbocycles. The average Bonchev–Trinajstić information content (AvgIpc) is 3.34. The molecular weight excluding hydrogens is 374 g/mol. The van der Waals surface area contributed by atoms with Crippen molar-refractivity contribution in [2.75, 3.05) is 6.61 Å². The number of carbonyl (C=O) groups excluding carboxylic acids is 1. The summed E-state index contributed by atoms with van der Waals surface area (Å²) >= 11 is 0. The quantitative estimate of drug-likeness (QED) is 0.640. The molecule has 0 amide bonds. The van der Waals surface area contributed by atoms with Gasteiger partial charge in [-0.25, -0.2) is 4.79 Å². The van der Waals surface area contributed by atoms with Crippen LogP contribution in [0.2, 0.25) is 0 Å². The molecule has 5 rings (SSSR count). The molecule has 0 saturated heterocycles. The molecular formula is C26H33NO3. The van der Waals surface area contributed by atoms with Gasteiger partial charge < -0.3 is 14.8 Å². The summed E-state index contributed by atoms with van der Waals surface area (Å²) in [5.74, 6) is 1.46. The summed E-state index contributed by atoms with van der Waals surface area (Å²) in [7, 11) is 0. The molecule has 30 heavy (non-hydrogen) atoms. The first-order valence-electron chi connectivity index (χ1n) is 11.4. The largest absolute Gasteiger partial charge is 0.479 e. The highest BCUT2D eigenvalue weighted by atomic mass is 16.6. The molecule has 4 unspecified atom stereocenters. The van der Waals surface area contributed by atoms with Gasteiger partial charge in [-0.2, -0.15) is 0 Å². The maximum atomic E-state index is 12.3. The van der Waals surface area contributed by atoms with E-state index in [1.165, 1.54) is 29.2 Å². The number of carbonyl (C=O) groups is 1. The zero-order valence-corrected chi connectivity index (χ0v) is 17.9. The van der Waals surface area contributed by atoms with Gasteiger partial charge in [-0.05, 0) is 55.5 Å². The molecule has 2 fully saturated rings. The van der Waals surface area contributed by atoms with Crippen LogP contribution in [0.25, 0.3) is 10.8 Å².